The van der Waals surface area contributed by atoms with Crippen molar-refractivity contribution in [2.75, 3.05) is 6.54 Å². The van der Waals surface area contributed by atoms with Crippen molar-refractivity contribution >= 4 is 27.5 Å². The van der Waals surface area contributed by atoms with E-state index in [0.717, 1.165) is 11.9 Å². The smallest absolute Gasteiger partial charge is 0.268 e. The summed E-state index contributed by atoms with van der Waals surface area (Å²) in [6, 6.07) is 2.04. The summed E-state index contributed by atoms with van der Waals surface area (Å²) in [6.07, 6.45) is 1.33. The number of fused-ring (bicyclic) bond motifs is 1. The molecule has 0 aliphatic rings. The summed E-state index contributed by atoms with van der Waals surface area (Å²) in [4.78, 5) is 30.5. The minimum atomic E-state index is -0.110. The van der Waals surface area contributed by atoms with Gasteiger partial charge in [-0.3, -0.25) is 9.59 Å². The number of nitrogens with one attached hydrogen (secondary N) is 3. The second-order valence-electron chi connectivity index (χ2n) is 4.95. The van der Waals surface area contributed by atoms with E-state index in [1.807, 2.05) is 25.3 Å². The number of hydrogen-bond donors (Lipinski definition) is 3. The number of aromatic amines is 1. The molecule has 2 rings (SSSR count). The maximum Gasteiger partial charge on any atom is 0.268 e. The number of thiophene rings is 1. The van der Waals surface area contributed by atoms with Crippen LogP contribution in [0.5, 0.6) is 0 Å². The van der Waals surface area contributed by atoms with E-state index < -0.39 is 0 Å². The molecule has 0 spiro atoms. The Morgan fingerprint density at radius 1 is 1.52 bits per heavy atom. The van der Waals surface area contributed by atoms with E-state index >= 15 is 0 Å². The van der Waals surface area contributed by atoms with Gasteiger partial charge < -0.3 is 15.6 Å². The van der Waals surface area contributed by atoms with Crippen LogP contribution < -0.4 is 16.2 Å². The summed E-state index contributed by atoms with van der Waals surface area (Å²) in [5.41, 5.74) is 0.608. The fourth-order valence-corrected chi connectivity index (χ4v) is 2.59. The molecule has 0 aliphatic carbocycles. The van der Waals surface area contributed by atoms with Crippen molar-refractivity contribution < 1.29 is 4.79 Å². The molecule has 21 heavy (non-hydrogen) atoms. The number of nitrogens with zero attached hydrogens (tertiary/aromatic N) is 1. The minimum absolute atomic E-state index is 0.0339. The highest BCUT2D eigenvalue weighted by Gasteiger charge is 2.06. The van der Waals surface area contributed by atoms with E-state index in [0.29, 0.717) is 30.0 Å². The van der Waals surface area contributed by atoms with Gasteiger partial charge in [0.25, 0.3) is 5.56 Å². The third-order valence-electron chi connectivity index (χ3n) is 3.20. The third kappa shape index (κ3) is 4.37. The number of amides is 1. The molecule has 0 saturated carbocycles. The lowest BCUT2D eigenvalue weighted by Crippen LogP contribution is -2.34. The Bertz CT molecular complexity index is 664. The van der Waals surface area contributed by atoms with Crippen LogP contribution in [0.1, 0.15) is 32.5 Å². The van der Waals surface area contributed by atoms with Crippen molar-refractivity contribution in [2.45, 2.75) is 39.3 Å². The number of carbonyl (C=O) groups excluding carboxylic acids is 1. The molecule has 2 aromatic heterocycles. The van der Waals surface area contributed by atoms with E-state index in [-0.39, 0.29) is 17.5 Å². The summed E-state index contributed by atoms with van der Waals surface area (Å²) < 4.78 is 0.645. The molecule has 0 bridgehead atoms. The summed E-state index contributed by atoms with van der Waals surface area (Å²) >= 11 is 1.38. The SMILES string of the molecule is CCC(C)NC(=O)CCNCc1nc2ccsc2c(=O)[nH]1. The average molecular weight is 308 g/mol. The van der Waals surface area contributed by atoms with E-state index in [9.17, 15) is 9.59 Å². The quantitative estimate of drug-likeness (QED) is 0.674. The summed E-state index contributed by atoms with van der Waals surface area (Å²) in [6.45, 7) is 5.01. The number of hydrogen-bond acceptors (Lipinski definition) is 5. The maximum atomic E-state index is 11.8. The first kappa shape index (κ1) is 15.7. The van der Waals surface area contributed by atoms with Crippen molar-refractivity contribution in [3.8, 4) is 0 Å². The topological polar surface area (TPSA) is 86.9 Å². The van der Waals surface area contributed by atoms with Gasteiger partial charge in [-0.1, -0.05) is 6.92 Å². The Balaban J connectivity index is 1.80. The Morgan fingerprint density at radius 2 is 2.33 bits per heavy atom. The zero-order chi connectivity index (χ0) is 15.2. The van der Waals surface area contributed by atoms with Crippen molar-refractivity contribution in [3.05, 3.63) is 27.6 Å². The minimum Gasteiger partial charge on any atom is -0.354 e. The van der Waals surface area contributed by atoms with E-state index in [1.54, 1.807) is 0 Å². The van der Waals surface area contributed by atoms with Crippen LogP contribution in [0.2, 0.25) is 0 Å². The van der Waals surface area contributed by atoms with E-state index in [1.165, 1.54) is 11.3 Å². The molecule has 2 aromatic rings. The number of aromatic nitrogens is 2. The molecule has 2 heterocycles. The Kier molecular flexibility index (Phi) is 5.46. The van der Waals surface area contributed by atoms with Crippen LogP contribution in [0.15, 0.2) is 16.2 Å². The zero-order valence-electron chi connectivity index (χ0n) is 12.2. The van der Waals surface area contributed by atoms with Crippen LogP contribution in [0.25, 0.3) is 10.2 Å². The normalized spacial score (nSPS) is 12.5. The lowest BCUT2D eigenvalue weighted by Gasteiger charge is -2.11. The standard InChI is InChI=1S/C14H20N4O2S/c1-3-9(2)16-12(19)4-6-15-8-11-17-10-5-7-21-13(10)14(20)18-11/h5,7,9,15H,3-4,6,8H2,1-2H3,(H,16,19)(H,17,18,20). The monoisotopic (exact) mass is 308 g/mol. The highest BCUT2D eigenvalue weighted by molar-refractivity contribution is 7.17. The van der Waals surface area contributed by atoms with E-state index in [4.69, 9.17) is 0 Å². The molecule has 1 amide bonds. The molecule has 0 aliphatic heterocycles. The first-order valence-electron chi connectivity index (χ1n) is 7.06. The molecule has 3 N–H and O–H groups in total. The van der Waals surface area contributed by atoms with Crippen molar-refractivity contribution in [1.29, 1.82) is 0 Å². The van der Waals surface area contributed by atoms with Gasteiger partial charge in [0.1, 0.15) is 10.5 Å². The second-order valence-corrected chi connectivity index (χ2v) is 5.87. The van der Waals surface area contributed by atoms with Crippen LogP contribution in [0.3, 0.4) is 0 Å². The van der Waals surface area contributed by atoms with Crippen molar-refractivity contribution in [2.24, 2.45) is 0 Å². The van der Waals surface area contributed by atoms with Crippen molar-refractivity contribution in [3.63, 3.8) is 0 Å². The lowest BCUT2D eigenvalue weighted by molar-refractivity contribution is -0.121. The second kappa shape index (κ2) is 7.33. The van der Waals surface area contributed by atoms with Gasteiger partial charge in [-0.05, 0) is 24.8 Å². The average Bonchev–Trinajstić information content (AvgIpc) is 2.92. The van der Waals surface area contributed by atoms with Crippen molar-refractivity contribution in [1.82, 2.24) is 20.6 Å². The van der Waals surface area contributed by atoms with Crippen LogP contribution in [0, 0.1) is 0 Å². The number of H-pyrrole nitrogens is 1. The molecule has 7 heteroatoms. The maximum absolute atomic E-state index is 11.8. The highest BCUT2D eigenvalue weighted by Crippen LogP contribution is 2.13. The Morgan fingerprint density at radius 3 is 3.10 bits per heavy atom. The molecule has 1 unspecified atom stereocenters. The molecule has 1 atom stereocenters. The third-order valence-corrected chi connectivity index (χ3v) is 4.11. The molecular weight excluding hydrogens is 288 g/mol. The number of carbonyl (C=O) groups is 1. The molecule has 0 fully saturated rings. The first-order chi connectivity index (χ1) is 10.1. The number of rotatable bonds is 7. The van der Waals surface area contributed by atoms with Crippen LogP contribution in [-0.4, -0.2) is 28.5 Å². The fraction of sp³-hybridized carbons (Fsp3) is 0.500. The molecule has 0 saturated heterocycles. The molecule has 6 nitrogen and oxygen atoms in total. The Labute approximate surface area is 127 Å². The van der Waals surface area contributed by atoms with Gasteiger partial charge in [-0.2, -0.15) is 0 Å². The lowest BCUT2D eigenvalue weighted by atomic mass is 10.2. The zero-order valence-corrected chi connectivity index (χ0v) is 13.0. The van der Waals surface area contributed by atoms with Crippen LogP contribution in [-0.2, 0) is 11.3 Å². The largest absolute Gasteiger partial charge is 0.354 e. The summed E-state index contributed by atoms with van der Waals surface area (Å²) in [5.74, 6) is 0.625. The van der Waals surface area contributed by atoms with Gasteiger partial charge in [0, 0.05) is 19.0 Å². The Hall–Kier alpha value is -1.73. The summed E-state index contributed by atoms with van der Waals surface area (Å²) in [7, 11) is 0. The van der Waals surface area contributed by atoms with Crippen LogP contribution >= 0.6 is 11.3 Å². The summed E-state index contributed by atoms with van der Waals surface area (Å²) in [5, 5.41) is 7.88. The van der Waals surface area contributed by atoms with Gasteiger partial charge >= 0.3 is 0 Å². The molecular formula is C14H20N4O2S. The predicted octanol–water partition coefficient (Wildman–Crippen LogP) is 1.38. The van der Waals surface area contributed by atoms with E-state index in [2.05, 4.69) is 20.6 Å². The first-order valence-corrected chi connectivity index (χ1v) is 7.94. The highest BCUT2D eigenvalue weighted by atomic mass is 32.1. The van der Waals surface area contributed by atoms with Gasteiger partial charge in [-0.15, -0.1) is 11.3 Å². The van der Waals surface area contributed by atoms with Gasteiger partial charge in [-0.25, -0.2) is 4.98 Å². The predicted molar refractivity (Wildman–Crippen MR) is 84.5 cm³/mol. The van der Waals surface area contributed by atoms with Gasteiger partial charge in [0.2, 0.25) is 5.91 Å². The fourth-order valence-electron chi connectivity index (χ4n) is 1.86. The van der Waals surface area contributed by atoms with Gasteiger partial charge in [0.15, 0.2) is 0 Å². The molecule has 0 aromatic carbocycles. The van der Waals surface area contributed by atoms with Crippen LogP contribution in [0.4, 0.5) is 0 Å². The molecule has 114 valence electrons. The molecule has 0 radical (unpaired) electrons. The van der Waals surface area contributed by atoms with Gasteiger partial charge in [0.05, 0.1) is 12.1 Å².